The number of rotatable bonds is 18. The quantitative estimate of drug-likeness (QED) is 0.0606. The van der Waals surface area contributed by atoms with Crippen molar-refractivity contribution in [2.45, 2.75) is 204 Å². The van der Waals surface area contributed by atoms with E-state index in [9.17, 15) is 97.0 Å². The van der Waals surface area contributed by atoms with Crippen LogP contribution in [0.2, 0.25) is 0 Å². The highest BCUT2D eigenvalue weighted by atomic mass is 16.8. The standard InChI is InChI=1S/C39H68O31/c1-9-16(41)20(45)28(53)36(65-9)63-7-14-32(24(49)30(55)38(69-14)61-5-12-18(43)22(47)26(51)34(57)67-12)59-3-11(40)4-60-33-15(8-64-37-29(54)21(46)17(42)10(2)66-37)70-39(31(56)25(33)50)62-6-13-19(44)23(48)27(52)35(58)68-13/h9-58H,3-8H2,1-2H3/t9-,10-,11?,12-,13-,14-,15+,16-,17-,18-,19-,20+,21+,22+,23+,24-,25+,26-,27-,28-,29-,30-,31+,32-,33+,34+,35+,36+,37+,38+,39-/m1/s1. The Balaban J connectivity index is 1.11. The van der Waals surface area contributed by atoms with Gasteiger partial charge in [-0.05, 0) is 13.8 Å². The fraction of sp³-hybridized carbons (Fsp3) is 1.00. The molecule has 0 aromatic rings. The molecule has 6 rings (SSSR count). The van der Waals surface area contributed by atoms with Crippen LogP contribution in [0.4, 0.5) is 0 Å². The van der Waals surface area contributed by atoms with Gasteiger partial charge >= 0.3 is 0 Å². The maximum atomic E-state index is 11.3. The number of hydrogen-bond acceptors (Lipinski definition) is 31. The summed E-state index contributed by atoms with van der Waals surface area (Å²) >= 11 is 0. The Kier molecular flexibility index (Phi) is 20.8. The van der Waals surface area contributed by atoms with Gasteiger partial charge in [-0.1, -0.05) is 0 Å². The van der Waals surface area contributed by atoms with E-state index >= 15 is 0 Å². The van der Waals surface area contributed by atoms with Crippen molar-refractivity contribution in [3.63, 3.8) is 0 Å². The highest BCUT2D eigenvalue weighted by molar-refractivity contribution is 4.96. The number of hydrogen-bond donors (Lipinski definition) is 19. The van der Waals surface area contributed by atoms with Gasteiger partial charge in [0, 0.05) is 0 Å². The van der Waals surface area contributed by atoms with Gasteiger partial charge in [0.25, 0.3) is 0 Å². The topological polar surface area (TPSA) is 495 Å². The molecule has 1 unspecified atom stereocenters. The van der Waals surface area contributed by atoms with Gasteiger partial charge in [-0.3, -0.25) is 0 Å². The second-order valence-electron chi connectivity index (χ2n) is 18.1. The molecule has 31 heteroatoms. The molecule has 0 aromatic heterocycles. The van der Waals surface area contributed by atoms with Gasteiger partial charge in [0.05, 0.1) is 51.8 Å². The lowest BCUT2D eigenvalue weighted by atomic mass is 9.97. The van der Waals surface area contributed by atoms with E-state index in [4.69, 9.17) is 56.8 Å². The average molecular weight is 1030 g/mol. The molecule has 0 radical (unpaired) electrons. The van der Waals surface area contributed by atoms with Crippen molar-refractivity contribution >= 4 is 0 Å². The highest BCUT2D eigenvalue weighted by Crippen LogP contribution is 2.32. The molecule has 6 aliphatic heterocycles. The molecule has 6 fully saturated rings. The molecule has 31 nitrogen and oxygen atoms in total. The smallest absolute Gasteiger partial charge is 0.186 e. The summed E-state index contributed by atoms with van der Waals surface area (Å²) in [5.74, 6) is 0. The lowest BCUT2D eigenvalue weighted by Crippen LogP contribution is -2.63. The van der Waals surface area contributed by atoms with E-state index in [1.54, 1.807) is 0 Å². The highest BCUT2D eigenvalue weighted by Gasteiger charge is 2.52. The average Bonchev–Trinajstić information content (AvgIpc) is 3.33. The van der Waals surface area contributed by atoms with Crippen LogP contribution in [0.1, 0.15) is 13.8 Å². The van der Waals surface area contributed by atoms with E-state index in [1.807, 2.05) is 0 Å². The summed E-state index contributed by atoms with van der Waals surface area (Å²) in [7, 11) is 0. The number of aliphatic hydroxyl groups excluding tert-OH is 19. The van der Waals surface area contributed by atoms with Crippen molar-refractivity contribution in [3.8, 4) is 0 Å². The van der Waals surface area contributed by atoms with Gasteiger partial charge in [0.2, 0.25) is 0 Å². The summed E-state index contributed by atoms with van der Waals surface area (Å²) in [6.45, 7) is -1.55. The van der Waals surface area contributed by atoms with E-state index in [2.05, 4.69) is 0 Å². The van der Waals surface area contributed by atoms with Crippen LogP contribution < -0.4 is 0 Å². The van der Waals surface area contributed by atoms with Crippen LogP contribution in [-0.2, 0) is 56.8 Å². The first-order chi connectivity index (χ1) is 32.9. The van der Waals surface area contributed by atoms with Crippen molar-refractivity contribution in [3.05, 3.63) is 0 Å². The summed E-state index contributed by atoms with van der Waals surface area (Å²) < 4.78 is 66.6. The van der Waals surface area contributed by atoms with Gasteiger partial charge in [0.15, 0.2) is 37.7 Å². The van der Waals surface area contributed by atoms with Crippen molar-refractivity contribution in [2.75, 3.05) is 39.6 Å². The van der Waals surface area contributed by atoms with Crippen LogP contribution in [-0.4, -0.2) is 327 Å². The summed E-state index contributed by atoms with van der Waals surface area (Å²) in [4.78, 5) is 0. The Hall–Kier alpha value is -1.24. The van der Waals surface area contributed by atoms with Crippen LogP contribution in [0.15, 0.2) is 0 Å². The Labute approximate surface area is 397 Å². The van der Waals surface area contributed by atoms with Gasteiger partial charge in [-0.2, -0.15) is 0 Å². The van der Waals surface area contributed by atoms with Gasteiger partial charge < -0.3 is 154 Å². The Morgan fingerprint density at radius 3 is 0.929 bits per heavy atom. The molecule has 31 atom stereocenters. The zero-order chi connectivity index (χ0) is 51.6. The molecule has 0 aliphatic carbocycles. The van der Waals surface area contributed by atoms with Crippen LogP contribution in [0, 0.1) is 0 Å². The van der Waals surface area contributed by atoms with Crippen molar-refractivity contribution in [2.24, 2.45) is 0 Å². The molecular formula is C39H68O31. The largest absolute Gasteiger partial charge is 0.388 e. The third-order valence-electron chi connectivity index (χ3n) is 12.9. The van der Waals surface area contributed by atoms with Gasteiger partial charge in [0.1, 0.15) is 140 Å². The van der Waals surface area contributed by atoms with Crippen LogP contribution in [0.3, 0.4) is 0 Å². The fourth-order valence-electron chi connectivity index (χ4n) is 8.46. The second kappa shape index (κ2) is 25.1. The normalized spacial score (nSPS) is 52.1. The minimum Gasteiger partial charge on any atom is -0.388 e. The second-order valence-corrected chi connectivity index (χ2v) is 18.1. The zero-order valence-corrected chi connectivity index (χ0v) is 37.5. The third kappa shape index (κ3) is 13.0. The van der Waals surface area contributed by atoms with E-state index in [0.29, 0.717) is 0 Å². The minimum atomic E-state index is -1.98. The van der Waals surface area contributed by atoms with E-state index < -0.39 is 230 Å². The van der Waals surface area contributed by atoms with Crippen molar-refractivity contribution in [1.29, 1.82) is 0 Å². The summed E-state index contributed by atoms with van der Waals surface area (Å²) in [5.41, 5.74) is 0. The summed E-state index contributed by atoms with van der Waals surface area (Å²) in [5, 5.41) is 198. The zero-order valence-electron chi connectivity index (χ0n) is 37.5. The van der Waals surface area contributed by atoms with E-state index in [0.717, 1.165) is 0 Å². The van der Waals surface area contributed by atoms with Crippen LogP contribution in [0.25, 0.3) is 0 Å². The number of ether oxygens (including phenoxy) is 12. The Morgan fingerprint density at radius 1 is 0.300 bits per heavy atom. The molecule has 410 valence electrons. The lowest BCUT2D eigenvalue weighted by molar-refractivity contribution is -0.345. The molecular weight excluding hydrogens is 964 g/mol. The van der Waals surface area contributed by atoms with Gasteiger partial charge in [-0.25, -0.2) is 0 Å². The van der Waals surface area contributed by atoms with E-state index in [1.165, 1.54) is 13.8 Å². The first-order valence-corrected chi connectivity index (χ1v) is 22.5. The Bertz CT molecular complexity index is 1470. The third-order valence-corrected chi connectivity index (χ3v) is 12.9. The Morgan fingerprint density at radius 2 is 0.586 bits per heavy atom. The molecule has 70 heavy (non-hydrogen) atoms. The molecule has 6 heterocycles. The summed E-state index contributed by atoms with van der Waals surface area (Å²) in [6.07, 6.45) is -52.8. The maximum absolute atomic E-state index is 11.3. The predicted octanol–water partition coefficient (Wildman–Crippen LogP) is -12.7. The molecule has 0 bridgehead atoms. The molecule has 19 N–H and O–H groups in total. The van der Waals surface area contributed by atoms with Crippen LogP contribution >= 0.6 is 0 Å². The number of aliphatic hydroxyl groups is 19. The van der Waals surface area contributed by atoms with Crippen LogP contribution in [0.5, 0.6) is 0 Å². The first-order valence-electron chi connectivity index (χ1n) is 22.5. The SMILES string of the molecule is C[C@H]1O[C@H](OC[C@@H]2O[C@@H](OC[C@H]3O[C@H](O)[C@H](O)[C@@H](O)[C@@H]3O)[C@@H](O)[C@H](O)[C@H]2OCC(O)CO[C@H]2[C@H](O)[C@@H](O)[C@@H](OC[C@H]3O[C@H](O)[C@H](O)[C@@H](O)[C@@H]3O)O[C@@H]2CO[C@H]2O[C@H](C)[C@@H](O)[C@H](O)[C@H]2O)[C@H](O)[C@@H](O)[C@@H]1O. The molecule has 6 aliphatic rings. The van der Waals surface area contributed by atoms with Gasteiger partial charge in [-0.15, -0.1) is 0 Å². The fourth-order valence-corrected chi connectivity index (χ4v) is 8.46. The van der Waals surface area contributed by atoms with Crippen molar-refractivity contribution in [1.82, 2.24) is 0 Å². The molecule has 0 aromatic carbocycles. The molecule has 0 spiro atoms. The maximum Gasteiger partial charge on any atom is 0.186 e. The van der Waals surface area contributed by atoms with E-state index in [-0.39, 0.29) is 0 Å². The lowest BCUT2D eigenvalue weighted by Gasteiger charge is -2.45. The summed E-state index contributed by atoms with van der Waals surface area (Å²) in [6, 6.07) is 0. The minimum absolute atomic E-state index is 0.679. The predicted molar refractivity (Wildman–Crippen MR) is 213 cm³/mol. The molecule has 6 saturated heterocycles. The van der Waals surface area contributed by atoms with Crippen molar-refractivity contribution < 1.29 is 154 Å². The molecule has 0 saturated carbocycles. The molecule has 0 amide bonds. The first kappa shape index (κ1) is 58.0. The monoisotopic (exact) mass is 1030 g/mol.